The van der Waals surface area contributed by atoms with Gasteiger partial charge in [0.15, 0.2) is 0 Å². The summed E-state index contributed by atoms with van der Waals surface area (Å²) in [7, 11) is 1.15. The molecule has 0 saturated heterocycles. The summed E-state index contributed by atoms with van der Waals surface area (Å²) in [5, 5.41) is 0.773. The number of imidazole rings is 1. The molecule has 1 amide bonds. The Hall–Kier alpha value is -4.21. The fourth-order valence-corrected chi connectivity index (χ4v) is 3.34. The van der Waals surface area contributed by atoms with Crippen LogP contribution in [0.2, 0.25) is 0 Å². The molecule has 3 N–H and O–H groups in total. The first kappa shape index (κ1) is 21.0. The number of hydrogen-bond acceptors (Lipinski definition) is 4. The minimum atomic E-state index is -4.65. The molecule has 3 heterocycles. The van der Waals surface area contributed by atoms with Crippen LogP contribution in [0.4, 0.5) is 13.2 Å². The zero-order valence-electron chi connectivity index (χ0n) is 16.6. The fourth-order valence-electron chi connectivity index (χ4n) is 3.34. The second-order valence-corrected chi connectivity index (χ2v) is 7.03. The number of rotatable bonds is 5. The molecular formula is C22H16F3N5O2. The molecule has 32 heavy (non-hydrogen) atoms. The van der Waals surface area contributed by atoms with Gasteiger partial charge in [0.1, 0.15) is 11.3 Å². The molecule has 0 bridgehead atoms. The van der Waals surface area contributed by atoms with Gasteiger partial charge in [-0.2, -0.15) is 13.2 Å². The van der Waals surface area contributed by atoms with Gasteiger partial charge in [-0.15, -0.1) is 0 Å². The summed E-state index contributed by atoms with van der Waals surface area (Å²) in [4.78, 5) is 34.4. The maximum atomic E-state index is 12.9. The van der Waals surface area contributed by atoms with Gasteiger partial charge in [0.25, 0.3) is 0 Å². The zero-order chi connectivity index (χ0) is 23.0. The highest BCUT2D eigenvalue weighted by Gasteiger charge is 2.37. The molecule has 0 aliphatic heterocycles. The number of fused-ring (bicyclic) bond motifs is 1. The van der Waals surface area contributed by atoms with Crippen molar-refractivity contribution >= 4 is 28.8 Å². The zero-order valence-corrected chi connectivity index (χ0v) is 16.6. The minimum absolute atomic E-state index is 0.161. The van der Waals surface area contributed by atoms with Crippen LogP contribution in [0.5, 0.6) is 0 Å². The molecule has 1 aromatic carbocycles. The van der Waals surface area contributed by atoms with Crippen molar-refractivity contribution in [2.75, 3.05) is 0 Å². The Morgan fingerprint density at radius 1 is 1.09 bits per heavy atom. The molecule has 0 unspecified atom stereocenters. The number of primary amides is 1. The Kier molecular flexibility index (Phi) is 5.13. The fraction of sp³-hybridized carbons (Fsp3) is 0.0909. The molecule has 0 saturated carbocycles. The molecule has 3 aromatic heterocycles. The van der Waals surface area contributed by atoms with Crippen LogP contribution in [0.1, 0.15) is 27.4 Å². The van der Waals surface area contributed by atoms with Gasteiger partial charge in [-0.25, -0.2) is 9.97 Å². The Bertz CT molecular complexity index is 1360. The Morgan fingerprint density at radius 3 is 2.44 bits per heavy atom. The van der Waals surface area contributed by atoms with Crippen molar-refractivity contribution < 1.29 is 22.8 Å². The second-order valence-electron chi connectivity index (χ2n) is 7.03. The number of hydrogen-bond donors (Lipinski definition) is 2. The number of nitrogens with one attached hydrogen (secondary N) is 1. The van der Waals surface area contributed by atoms with Crippen LogP contribution >= 0.6 is 0 Å². The lowest BCUT2D eigenvalue weighted by Gasteiger charge is -2.08. The summed E-state index contributed by atoms with van der Waals surface area (Å²) in [5.41, 5.74) is 8.08. The molecule has 10 heteroatoms. The topological polar surface area (TPSA) is 107 Å². The number of carbonyl (C=O) groups excluding carboxylic acids is 2. The number of halogens is 3. The van der Waals surface area contributed by atoms with Crippen molar-refractivity contribution in [3.8, 4) is 11.1 Å². The first-order chi connectivity index (χ1) is 15.1. The van der Waals surface area contributed by atoms with Gasteiger partial charge in [0.05, 0.1) is 6.20 Å². The quantitative estimate of drug-likeness (QED) is 0.365. The lowest BCUT2D eigenvalue weighted by molar-refractivity contribution is -0.146. The van der Waals surface area contributed by atoms with E-state index in [1.807, 2.05) is 6.07 Å². The number of amides is 1. The van der Waals surface area contributed by atoms with Crippen LogP contribution in [0.25, 0.3) is 28.2 Å². The van der Waals surface area contributed by atoms with Crippen molar-refractivity contribution in [3.63, 3.8) is 0 Å². The van der Waals surface area contributed by atoms with Crippen LogP contribution in [0.15, 0.2) is 55.0 Å². The van der Waals surface area contributed by atoms with Gasteiger partial charge in [-0.1, -0.05) is 24.3 Å². The third kappa shape index (κ3) is 3.89. The van der Waals surface area contributed by atoms with E-state index in [9.17, 15) is 22.8 Å². The number of nitrogens with zero attached hydrogens (tertiary/aromatic N) is 3. The lowest BCUT2D eigenvalue weighted by atomic mass is 10.0. The van der Waals surface area contributed by atoms with E-state index >= 15 is 0 Å². The number of carbonyl (C=O) groups is 2. The summed E-state index contributed by atoms with van der Waals surface area (Å²) < 4.78 is 39.6. The van der Waals surface area contributed by atoms with Gasteiger partial charge < -0.3 is 15.3 Å². The van der Waals surface area contributed by atoms with Crippen molar-refractivity contribution in [2.24, 2.45) is 12.8 Å². The average Bonchev–Trinajstić information content (AvgIpc) is 3.34. The second kappa shape index (κ2) is 7.80. The third-order valence-electron chi connectivity index (χ3n) is 4.95. The van der Waals surface area contributed by atoms with E-state index in [2.05, 4.69) is 15.0 Å². The predicted octanol–water partition coefficient (Wildman–Crippen LogP) is 3.71. The summed E-state index contributed by atoms with van der Waals surface area (Å²) in [5.74, 6) is -2.27. The first-order valence-electron chi connectivity index (χ1n) is 9.34. The molecule has 0 atom stereocenters. The monoisotopic (exact) mass is 439 g/mol. The molecule has 0 spiro atoms. The van der Waals surface area contributed by atoms with Crippen LogP contribution in [0, 0.1) is 0 Å². The van der Waals surface area contributed by atoms with E-state index in [0.717, 1.165) is 39.9 Å². The molecule has 4 aromatic rings. The van der Waals surface area contributed by atoms with Crippen molar-refractivity contribution in [1.29, 1.82) is 0 Å². The molecular weight excluding hydrogens is 423 g/mol. The molecule has 162 valence electrons. The van der Waals surface area contributed by atoms with Crippen molar-refractivity contribution in [3.05, 3.63) is 77.6 Å². The van der Waals surface area contributed by atoms with Gasteiger partial charge in [-0.3, -0.25) is 9.59 Å². The molecule has 7 nitrogen and oxygen atoms in total. The Morgan fingerprint density at radius 2 is 1.81 bits per heavy atom. The number of H-pyrrole nitrogens is 1. The molecule has 0 radical (unpaired) electrons. The van der Waals surface area contributed by atoms with E-state index in [1.165, 1.54) is 18.2 Å². The number of ketones is 1. The van der Waals surface area contributed by atoms with E-state index in [-0.39, 0.29) is 11.3 Å². The summed E-state index contributed by atoms with van der Waals surface area (Å²) in [6, 6.07) is 8.30. The standard InChI is InChI=1S/C22H16F3N5O2/c1-30-17(11-29-21(30)22(23,24)25)19(32)13-4-2-12(3-5-13)15-8-16-14(6-7-18(26)31)9-27-20(16)28-10-15/h2-11H,1H3,(H2,26,31)(H,27,28)/b7-6+. The van der Waals surface area contributed by atoms with Crippen molar-refractivity contribution in [2.45, 2.75) is 6.18 Å². The summed E-state index contributed by atoms with van der Waals surface area (Å²) >= 11 is 0. The van der Waals surface area contributed by atoms with E-state index in [1.54, 1.807) is 30.6 Å². The van der Waals surface area contributed by atoms with Crippen LogP contribution < -0.4 is 5.73 Å². The molecule has 0 aliphatic rings. The van der Waals surface area contributed by atoms with Gasteiger partial charge >= 0.3 is 6.18 Å². The third-order valence-corrected chi connectivity index (χ3v) is 4.95. The average molecular weight is 439 g/mol. The number of nitrogens with two attached hydrogens (primary N) is 1. The van der Waals surface area contributed by atoms with E-state index in [0.29, 0.717) is 5.65 Å². The summed E-state index contributed by atoms with van der Waals surface area (Å²) in [6.45, 7) is 0. The van der Waals surface area contributed by atoms with Gasteiger partial charge in [0, 0.05) is 47.6 Å². The predicted molar refractivity (Wildman–Crippen MR) is 111 cm³/mol. The number of pyridine rings is 1. The number of aromatic amines is 1. The highest BCUT2D eigenvalue weighted by atomic mass is 19.4. The Labute approximate surface area is 179 Å². The highest BCUT2D eigenvalue weighted by Crippen LogP contribution is 2.29. The first-order valence-corrected chi connectivity index (χ1v) is 9.34. The highest BCUT2D eigenvalue weighted by molar-refractivity contribution is 6.08. The van der Waals surface area contributed by atoms with Crippen LogP contribution in [-0.4, -0.2) is 31.2 Å². The van der Waals surface area contributed by atoms with Gasteiger partial charge in [-0.05, 0) is 17.7 Å². The number of aromatic nitrogens is 4. The van der Waals surface area contributed by atoms with Crippen LogP contribution in [-0.2, 0) is 18.0 Å². The number of benzene rings is 1. The lowest BCUT2D eigenvalue weighted by Crippen LogP contribution is -2.16. The molecule has 0 fully saturated rings. The summed E-state index contributed by atoms with van der Waals surface area (Å²) in [6.07, 6.45) is 2.45. The maximum Gasteiger partial charge on any atom is 0.449 e. The smallest absolute Gasteiger partial charge is 0.366 e. The van der Waals surface area contributed by atoms with Crippen molar-refractivity contribution in [1.82, 2.24) is 19.5 Å². The SMILES string of the molecule is Cn1c(C(=O)c2ccc(-c3cnc4[nH]cc(/C=C/C(N)=O)c4c3)cc2)cnc1C(F)(F)F. The molecule has 4 rings (SSSR count). The van der Waals surface area contributed by atoms with Gasteiger partial charge in [0.2, 0.25) is 17.5 Å². The maximum absolute atomic E-state index is 12.9. The van der Waals surface area contributed by atoms with E-state index < -0.39 is 23.7 Å². The number of alkyl halides is 3. The van der Waals surface area contributed by atoms with E-state index in [4.69, 9.17) is 5.73 Å². The van der Waals surface area contributed by atoms with Crippen LogP contribution in [0.3, 0.4) is 0 Å². The Balaban J connectivity index is 1.63. The minimum Gasteiger partial charge on any atom is -0.366 e. The largest absolute Gasteiger partial charge is 0.449 e. The normalized spacial score (nSPS) is 12.0. The molecule has 0 aliphatic carbocycles.